The van der Waals surface area contributed by atoms with Crippen LogP contribution in [0.2, 0.25) is 0 Å². The zero-order valence-corrected chi connectivity index (χ0v) is 14.7. The molecular weight excluding hydrogens is 324 g/mol. The summed E-state index contributed by atoms with van der Waals surface area (Å²) in [4.78, 5) is 41.1. The van der Waals surface area contributed by atoms with Gasteiger partial charge in [-0.1, -0.05) is 18.9 Å². The fourth-order valence-corrected chi connectivity index (χ4v) is 4.24. The van der Waals surface area contributed by atoms with E-state index in [1.807, 2.05) is 16.3 Å². The van der Waals surface area contributed by atoms with E-state index in [1.165, 1.54) is 11.3 Å². The van der Waals surface area contributed by atoms with Crippen LogP contribution in [-0.4, -0.2) is 53.6 Å². The van der Waals surface area contributed by atoms with Crippen molar-refractivity contribution in [2.24, 2.45) is 5.92 Å². The lowest BCUT2D eigenvalue weighted by Gasteiger charge is -2.36. The highest BCUT2D eigenvalue weighted by Gasteiger charge is 2.30. The van der Waals surface area contributed by atoms with Gasteiger partial charge in [0.2, 0.25) is 11.8 Å². The Morgan fingerprint density at radius 3 is 2.29 bits per heavy atom. The highest BCUT2D eigenvalue weighted by Crippen LogP contribution is 2.27. The topological polar surface area (TPSA) is 57.7 Å². The van der Waals surface area contributed by atoms with E-state index in [9.17, 15) is 14.4 Å². The van der Waals surface area contributed by atoms with Gasteiger partial charge in [0.15, 0.2) is 5.78 Å². The SMILES string of the molecule is O=C(CCC(=O)N1CCN(C(=O)C2CCCC2)CC1)c1cccs1. The van der Waals surface area contributed by atoms with Crippen LogP contribution in [0.25, 0.3) is 0 Å². The fourth-order valence-electron chi connectivity index (χ4n) is 3.55. The number of amides is 2. The second-order valence-corrected chi connectivity index (χ2v) is 7.54. The average molecular weight is 348 g/mol. The monoisotopic (exact) mass is 348 g/mol. The highest BCUT2D eigenvalue weighted by molar-refractivity contribution is 7.12. The molecule has 0 N–H and O–H groups in total. The molecule has 2 aliphatic rings. The van der Waals surface area contributed by atoms with Crippen LogP contribution < -0.4 is 0 Å². The molecule has 6 heteroatoms. The highest BCUT2D eigenvalue weighted by atomic mass is 32.1. The molecule has 24 heavy (non-hydrogen) atoms. The molecule has 3 rings (SSSR count). The van der Waals surface area contributed by atoms with Crippen LogP contribution in [0.4, 0.5) is 0 Å². The Morgan fingerprint density at radius 2 is 1.67 bits per heavy atom. The standard InChI is InChI=1S/C18H24N2O3S/c21-15(16-6-3-13-24-16)7-8-17(22)19-9-11-20(12-10-19)18(23)14-4-1-2-5-14/h3,6,13-14H,1-2,4-5,7-12H2. The predicted octanol–water partition coefficient (Wildman–Crippen LogP) is 2.57. The first-order valence-corrected chi connectivity index (χ1v) is 9.66. The van der Waals surface area contributed by atoms with Gasteiger partial charge in [-0.2, -0.15) is 0 Å². The molecule has 130 valence electrons. The van der Waals surface area contributed by atoms with Crippen molar-refractivity contribution in [3.8, 4) is 0 Å². The molecule has 2 fully saturated rings. The van der Waals surface area contributed by atoms with Gasteiger partial charge in [-0.25, -0.2) is 0 Å². The number of Topliss-reactive ketones (excluding diaryl/α,β-unsaturated/α-hetero) is 1. The van der Waals surface area contributed by atoms with E-state index in [1.54, 1.807) is 11.0 Å². The number of hydrogen-bond donors (Lipinski definition) is 0. The number of rotatable bonds is 5. The van der Waals surface area contributed by atoms with Gasteiger partial charge in [0.1, 0.15) is 0 Å². The van der Waals surface area contributed by atoms with Crippen LogP contribution in [0.3, 0.4) is 0 Å². The first-order valence-electron chi connectivity index (χ1n) is 8.78. The van der Waals surface area contributed by atoms with Crippen LogP contribution in [-0.2, 0) is 9.59 Å². The summed E-state index contributed by atoms with van der Waals surface area (Å²) in [5.41, 5.74) is 0. The lowest BCUT2D eigenvalue weighted by atomic mass is 10.1. The second kappa shape index (κ2) is 7.92. The van der Waals surface area contributed by atoms with Crippen molar-refractivity contribution in [3.05, 3.63) is 22.4 Å². The lowest BCUT2D eigenvalue weighted by Crippen LogP contribution is -2.51. The Labute approximate surface area is 146 Å². The molecule has 1 aliphatic heterocycles. The number of piperazine rings is 1. The van der Waals surface area contributed by atoms with Crippen molar-refractivity contribution in [2.45, 2.75) is 38.5 Å². The molecule has 0 radical (unpaired) electrons. The maximum Gasteiger partial charge on any atom is 0.225 e. The summed E-state index contributed by atoms with van der Waals surface area (Å²) in [5.74, 6) is 0.532. The van der Waals surface area contributed by atoms with Crippen LogP contribution in [0.15, 0.2) is 17.5 Å². The van der Waals surface area contributed by atoms with Gasteiger partial charge in [0, 0.05) is 44.9 Å². The van der Waals surface area contributed by atoms with Gasteiger partial charge >= 0.3 is 0 Å². The minimum atomic E-state index is 0.0212. The van der Waals surface area contributed by atoms with E-state index >= 15 is 0 Å². The Kier molecular flexibility index (Phi) is 5.66. The molecule has 1 aromatic heterocycles. The fraction of sp³-hybridized carbons (Fsp3) is 0.611. The van der Waals surface area contributed by atoms with Crippen molar-refractivity contribution in [3.63, 3.8) is 0 Å². The molecule has 1 saturated carbocycles. The van der Waals surface area contributed by atoms with Gasteiger partial charge in [-0.15, -0.1) is 11.3 Å². The molecule has 2 heterocycles. The van der Waals surface area contributed by atoms with E-state index in [-0.39, 0.29) is 36.4 Å². The smallest absolute Gasteiger partial charge is 0.225 e. The van der Waals surface area contributed by atoms with Gasteiger partial charge in [-0.05, 0) is 24.3 Å². The molecule has 1 aliphatic carbocycles. The number of ketones is 1. The van der Waals surface area contributed by atoms with Gasteiger partial charge in [-0.3, -0.25) is 14.4 Å². The third kappa shape index (κ3) is 4.04. The van der Waals surface area contributed by atoms with Crippen molar-refractivity contribution in [2.75, 3.05) is 26.2 Å². The molecular formula is C18H24N2O3S. The summed E-state index contributed by atoms with van der Waals surface area (Å²) in [5, 5.41) is 1.87. The molecule has 1 saturated heterocycles. The average Bonchev–Trinajstić information content (AvgIpc) is 3.32. The molecule has 0 spiro atoms. The van der Waals surface area contributed by atoms with Crippen molar-refractivity contribution in [1.82, 2.24) is 9.80 Å². The van der Waals surface area contributed by atoms with Crippen molar-refractivity contribution in [1.29, 1.82) is 0 Å². The third-order valence-corrected chi connectivity index (χ3v) is 5.92. The Balaban J connectivity index is 1.41. The molecule has 2 amide bonds. The number of thiophene rings is 1. The minimum absolute atomic E-state index is 0.0212. The van der Waals surface area contributed by atoms with Gasteiger partial charge in [0.25, 0.3) is 0 Å². The molecule has 5 nitrogen and oxygen atoms in total. The number of carbonyl (C=O) groups is 3. The zero-order chi connectivity index (χ0) is 16.9. The number of hydrogen-bond acceptors (Lipinski definition) is 4. The van der Waals surface area contributed by atoms with Crippen LogP contribution in [0.1, 0.15) is 48.2 Å². The first kappa shape index (κ1) is 17.1. The van der Waals surface area contributed by atoms with Crippen molar-refractivity contribution >= 4 is 28.9 Å². The number of nitrogens with zero attached hydrogens (tertiary/aromatic N) is 2. The molecule has 0 atom stereocenters. The van der Waals surface area contributed by atoms with E-state index in [4.69, 9.17) is 0 Å². The summed E-state index contributed by atoms with van der Waals surface area (Å²) >= 11 is 1.42. The summed E-state index contributed by atoms with van der Waals surface area (Å²) in [7, 11) is 0. The second-order valence-electron chi connectivity index (χ2n) is 6.59. The van der Waals surface area contributed by atoms with Crippen LogP contribution >= 0.6 is 11.3 Å². The van der Waals surface area contributed by atoms with E-state index in [0.29, 0.717) is 26.2 Å². The number of carbonyl (C=O) groups excluding carboxylic acids is 3. The Bertz CT molecular complexity index is 585. The molecule has 0 unspecified atom stereocenters. The normalized spacial score (nSPS) is 18.8. The van der Waals surface area contributed by atoms with Gasteiger partial charge in [0.05, 0.1) is 4.88 Å². The Morgan fingerprint density at radius 1 is 1.00 bits per heavy atom. The van der Waals surface area contributed by atoms with Crippen molar-refractivity contribution < 1.29 is 14.4 Å². The largest absolute Gasteiger partial charge is 0.339 e. The van der Waals surface area contributed by atoms with Gasteiger partial charge < -0.3 is 9.80 Å². The Hall–Kier alpha value is -1.69. The summed E-state index contributed by atoms with van der Waals surface area (Å²) in [6.07, 6.45) is 4.87. The molecule has 1 aromatic rings. The maximum absolute atomic E-state index is 12.4. The van der Waals surface area contributed by atoms with Crippen LogP contribution in [0, 0.1) is 5.92 Å². The minimum Gasteiger partial charge on any atom is -0.339 e. The van der Waals surface area contributed by atoms with E-state index < -0.39 is 0 Å². The first-order chi connectivity index (χ1) is 11.6. The maximum atomic E-state index is 12.4. The molecule has 0 bridgehead atoms. The summed E-state index contributed by atoms with van der Waals surface area (Å²) in [6.45, 7) is 2.43. The molecule has 0 aromatic carbocycles. The zero-order valence-electron chi connectivity index (χ0n) is 13.9. The van der Waals surface area contributed by atoms with E-state index in [0.717, 1.165) is 30.6 Å². The predicted molar refractivity (Wildman–Crippen MR) is 93.0 cm³/mol. The third-order valence-electron chi connectivity index (χ3n) is 5.01. The quantitative estimate of drug-likeness (QED) is 0.769. The summed E-state index contributed by atoms with van der Waals surface area (Å²) in [6, 6.07) is 3.64. The summed E-state index contributed by atoms with van der Waals surface area (Å²) < 4.78 is 0. The van der Waals surface area contributed by atoms with E-state index in [2.05, 4.69) is 0 Å². The van der Waals surface area contributed by atoms with Crippen LogP contribution in [0.5, 0.6) is 0 Å². The lowest BCUT2D eigenvalue weighted by molar-refractivity contribution is -0.142.